The van der Waals surface area contributed by atoms with E-state index in [0.717, 1.165) is 11.2 Å². The van der Waals surface area contributed by atoms with Gasteiger partial charge in [0.1, 0.15) is 0 Å². The quantitative estimate of drug-likeness (QED) is 0.758. The molecule has 1 aliphatic rings. The minimum absolute atomic E-state index is 0.350. The minimum Gasteiger partial charge on any atom is -0.337 e. The van der Waals surface area contributed by atoms with Crippen LogP contribution in [0.2, 0.25) is 0 Å². The van der Waals surface area contributed by atoms with Crippen molar-refractivity contribution in [1.29, 1.82) is 0 Å². The predicted molar refractivity (Wildman–Crippen MR) is 61.1 cm³/mol. The van der Waals surface area contributed by atoms with Crippen LogP contribution in [0, 0.1) is 4.77 Å². The summed E-state index contributed by atoms with van der Waals surface area (Å²) in [6.07, 6.45) is 8.27. The number of aryl methyl sites for hydroxylation is 1. The summed E-state index contributed by atoms with van der Waals surface area (Å²) in [7, 11) is 0. The van der Waals surface area contributed by atoms with Gasteiger partial charge in [0, 0.05) is 17.4 Å². The van der Waals surface area contributed by atoms with Crippen molar-refractivity contribution in [1.82, 2.24) is 9.55 Å². The summed E-state index contributed by atoms with van der Waals surface area (Å²) in [5.74, 6) is 0. The lowest BCUT2D eigenvalue weighted by Gasteiger charge is -2.43. The Morgan fingerprint density at radius 3 is 2.64 bits per heavy atom. The highest BCUT2D eigenvalue weighted by molar-refractivity contribution is 7.71. The highest BCUT2D eigenvalue weighted by Gasteiger charge is 2.38. The van der Waals surface area contributed by atoms with Crippen LogP contribution in [0.5, 0.6) is 0 Å². The molecular formula is C11H18N2S. The Kier molecular flexibility index (Phi) is 2.52. The third kappa shape index (κ3) is 1.26. The van der Waals surface area contributed by atoms with E-state index in [4.69, 9.17) is 12.2 Å². The highest BCUT2D eigenvalue weighted by Crippen LogP contribution is 2.43. The number of rotatable bonds is 3. The maximum atomic E-state index is 5.36. The normalized spacial score (nSPS) is 19.3. The first-order valence-electron chi connectivity index (χ1n) is 5.53. The molecule has 0 atom stereocenters. The third-order valence-corrected chi connectivity index (χ3v) is 3.93. The van der Waals surface area contributed by atoms with Crippen molar-refractivity contribution in [3.05, 3.63) is 16.7 Å². The molecule has 1 saturated carbocycles. The van der Waals surface area contributed by atoms with Crippen molar-refractivity contribution in [2.45, 2.75) is 51.5 Å². The molecule has 2 nitrogen and oxygen atoms in total. The maximum absolute atomic E-state index is 5.36. The van der Waals surface area contributed by atoms with E-state index in [-0.39, 0.29) is 0 Å². The lowest BCUT2D eigenvalue weighted by molar-refractivity contribution is 0.130. The van der Waals surface area contributed by atoms with Gasteiger partial charge in [-0.2, -0.15) is 0 Å². The molecule has 1 heterocycles. The van der Waals surface area contributed by atoms with Gasteiger partial charge in [-0.25, -0.2) is 0 Å². The predicted octanol–water partition coefficient (Wildman–Crippen LogP) is 3.40. The fourth-order valence-corrected chi connectivity index (χ4v) is 2.87. The van der Waals surface area contributed by atoms with Crippen molar-refractivity contribution in [3.63, 3.8) is 0 Å². The van der Waals surface area contributed by atoms with Crippen LogP contribution in [0.1, 0.15) is 45.2 Å². The number of hydrogen-bond acceptors (Lipinski definition) is 1. The zero-order chi connectivity index (χ0) is 10.2. The van der Waals surface area contributed by atoms with E-state index in [2.05, 4.69) is 29.6 Å². The van der Waals surface area contributed by atoms with Gasteiger partial charge in [-0.3, -0.25) is 0 Å². The molecule has 1 aromatic heterocycles. The molecule has 0 spiro atoms. The Morgan fingerprint density at radius 1 is 1.50 bits per heavy atom. The van der Waals surface area contributed by atoms with Crippen LogP contribution in [0.3, 0.4) is 0 Å². The smallest absolute Gasteiger partial charge is 0.177 e. The SMILES string of the molecule is CCc1c[nH]c(=S)n1C1(CC)CCC1. The second-order valence-corrected chi connectivity index (χ2v) is 4.59. The molecule has 0 bridgehead atoms. The van der Waals surface area contributed by atoms with Crippen LogP contribution in [-0.2, 0) is 12.0 Å². The van der Waals surface area contributed by atoms with Crippen molar-refractivity contribution >= 4 is 12.2 Å². The molecule has 0 saturated heterocycles. The fourth-order valence-electron chi connectivity index (χ4n) is 2.50. The van der Waals surface area contributed by atoms with Gasteiger partial charge < -0.3 is 9.55 Å². The van der Waals surface area contributed by atoms with Crippen LogP contribution >= 0.6 is 12.2 Å². The molecule has 1 N–H and O–H groups in total. The van der Waals surface area contributed by atoms with Gasteiger partial charge in [0.05, 0.1) is 0 Å². The van der Waals surface area contributed by atoms with Crippen molar-refractivity contribution in [3.8, 4) is 0 Å². The van der Waals surface area contributed by atoms with E-state index >= 15 is 0 Å². The van der Waals surface area contributed by atoms with Gasteiger partial charge in [-0.1, -0.05) is 13.8 Å². The van der Waals surface area contributed by atoms with Crippen molar-refractivity contribution in [2.75, 3.05) is 0 Å². The number of aromatic amines is 1. The van der Waals surface area contributed by atoms with Crippen LogP contribution in [0.25, 0.3) is 0 Å². The Bertz CT molecular complexity index is 365. The Hall–Kier alpha value is -0.570. The second kappa shape index (κ2) is 3.54. The van der Waals surface area contributed by atoms with Crippen molar-refractivity contribution < 1.29 is 0 Å². The number of imidazole rings is 1. The lowest BCUT2D eigenvalue weighted by atomic mass is 9.74. The third-order valence-electron chi connectivity index (χ3n) is 3.63. The van der Waals surface area contributed by atoms with Crippen LogP contribution in [0.15, 0.2) is 6.20 Å². The second-order valence-electron chi connectivity index (χ2n) is 4.21. The standard InChI is InChI=1S/C11H18N2S/c1-3-9-8-12-10(14)13(9)11(4-2)6-5-7-11/h8H,3-7H2,1-2H3,(H,12,14). The van der Waals surface area contributed by atoms with Gasteiger partial charge in [0.2, 0.25) is 0 Å². The van der Waals surface area contributed by atoms with E-state index in [1.54, 1.807) is 0 Å². The number of aromatic nitrogens is 2. The zero-order valence-electron chi connectivity index (χ0n) is 8.97. The molecule has 0 radical (unpaired) electrons. The van der Waals surface area contributed by atoms with Gasteiger partial charge in [0.25, 0.3) is 0 Å². The molecule has 3 heteroatoms. The van der Waals surface area contributed by atoms with E-state index in [1.807, 2.05) is 0 Å². The first kappa shape index (κ1) is 9.97. The van der Waals surface area contributed by atoms with E-state index in [0.29, 0.717) is 5.54 Å². The highest BCUT2D eigenvalue weighted by atomic mass is 32.1. The van der Waals surface area contributed by atoms with Gasteiger partial charge in [-0.15, -0.1) is 0 Å². The largest absolute Gasteiger partial charge is 0.337 e. The molecule has 1 fully saturated rings. The fraction of sp³-hybridized carbons (Fsp3) is 0.727. The Morgan fingerprint density at radius 2 is 2.21 bits per heavy atom. The average Bonchev–Trinajstić information content (AvgIpc) is 2.48. The molecule has 0 aliphatic heterocycles. The minimum atomic E-state index is 0.350. The van der Waals surface area contributed by atoms with E-state index in [1.165, 1.54) is 31.4 Å². The number of H-pyrrole nitrogens is 1. The van der Waals surface area contributed by atoms with Gasteiger partial charge in [-0.05, 0) is 44.3 Å². The van der Waals surface area contributed by atoms with Crippen LogP contribution in [-0.4, -0.2) is 9.55 Å². The monoisotopic (exact) mass is 210 g/mol. The summed E-state index contributed by atoms with van der Waals surface area (Å²) in [4.78, 5) is 3.17. The molecule has 0 amide bonds. The first-order valence-corrected chi connectivity index (χ1v) is 5.94. The average molecular weight is 210 g/mol. The summed E-state index contributed by atoms with van der Waals surface area (Å²) < 4.78 is 3.27. The molecule has 0 aromatic carbocycles. The summed E-state index contributed by atoms with van der Waals surface area (Å²) in [6.45, 7) is 4.46. The summed E-state index contributed by atoms with van der Waals surface area (Å²) in [6, 6.07) is 0. The number of hydrogen-bond donors (Lipinski definition) is 1. The van der Waals surface area contributed by atoms with E-state index in [9.17, 15) is 0 Å². The topological polar surface area (TPSA) is 20.7 Å². The molecule has 1 aromatic rings. The number of nitrogens with one attached hydrogen (secondary N) is 1. The van der Waals surface area contributed by atoms with Crippen molar-refractivity contribution in [2.24, 2.45) is 0 Å². The Balaban J connectivity index is 2.48. The van der Waals surface area contributed by atoms with Crippen LogP contribution in [0.4, 0.5) is 0 Å². The first-order chi connectivity index (χ1) is 6.73. The molecular weight excluding hydrogens is 192 g/mol. The number of nitrogens with zero attached hydrogens (tertiary/aromatic N) is 1. The Labute approximate surface area is 90.3 Å². The summed E-state index contributed by atoms with van der Waals surface area (Å²) in [5.41, 5.74) is 1.71. The molecule has 2 rings (SSSR count). The van der Waals surface area contributed by atoms with Gasteiger partial charge >= 0.3 is 0 Å². The molecule has 1 aliphatic carbocycles. The van der Waals surface area contributed by atoms with Crippen LogP contribution < -0.4 is 0 Å². The zero-order valence-corrected chi connectivity index (χ0v) is 9.78. The summed E-state index contributed by atoms with van der Waals surface area (Å²) >= 11 is 5.36. The molecule has 14 heavy (non-hydrogen) atoms. The van der Waals surface area contributed by atoms with Gasteiger partial charge in [0.15, 0.2) is 4.77 Å². The summed E-state index contributed by atoms with van der Waals surface area (Å²) in [5, 5.41) is 0. The lowest BCUT2D eigenvalue weighted by Crippen LogP contribution is -2.40. The molecule has 0 unspecified atom stereocenters. The maximum Gasteiger partial charge on any atom is 0.177 e. The molecule has 78 valence electrons. The van der Waals surface area contributed by atoms with E-state index < -0.39 is 0 Å².